The molecule has 0 aliphatic heterocycles. The molecule has 4 nitrogen and oxygen atoms in total. The molecule has 1 atom stereocenters. The Morgan fingerprint density at radius 3 is 2.89 bits per heavy atom. The predicted octanol–water partition coefficient (Wildman–Crippen LogP) is 2.20. The molecule has 0 aromatic carbocycles. The number of nitrogens with zero attached hydrogens (tertiary/aromatic N) is 3. The molecule has 1 N–H and O–H groups in total. The summed E-state index contributed by atoms with van der Waals surface area (Å²) in [5.41, 5.74) is 2.51. The number of rotatable bonds is 4. The lowest BCUT2D eigenvalue weighted by Gasteiger charge is -2.14. The monoisotopic (exact) mass is 238 g/mol. The molecule has 0 bridgehead atoms. The van der Waals surface area contributed by atoms with Gasteiger partial charge in [-0.15, -0.1) is 0 Å². The number of nitrogens with one attached hydrogen (secondary N) is 1. The molecule has 0 radical (unpaired) electrons. The van der Waals surface area contributed by atoms with E-state index < -0.39 is 0 Å². The maximum atomic E-state index is 8.95. The molecule has 2 aromatic heterocycles. The van der Waals surface area contributed by atoms with Gasteiger partial charge < -0.3 is 5.32 Å². The number of pyridine rings is 2. The molecule has 90 valence electrons. The highest BCUT2D eigenvalue weighted by Crippen LogP contribution is 2.12. The Bertz CT molecular complexity index is 545. The van der Waals surface area contributed by atoms with Crippen molar-refractivity contribution in [3.63, 3.8) is 0 Å². The second kappa shape index (κ2) is 5.89. The van der Waals surface area contributed by atoms with Crippen molar-refractivity contribution in [2.45, 2.75) is 19.5 Å². The predicted molar refractivity (Wildman–Crippen MR) is 68.4 cm³/mol. The summed E-state index contributed by atoms with van der Waals surface area (Å²) in [4.78, 5) is 8.12. The largest absolute Gasteiger partial charge is 0.306 e. The number of hydrogen-bond donors (Lipinski definition) is 1. The fourth-order valence-corrected chi connectivity index (χ4v) is 1.69. The van der Waals surface area contributed by atoms with Crippen LogP contribution in [0.2, 0.25) is 0 Å². The highest BCUT2D eigenvalue weighted by molar-refractivity contribution is 5.30. The van der Waals surface area contributed by atoms with Crippen LogP contribution in [0.4, 0.5) is 0 Å². The van der Waals surface area contributed by atoms with Crippen molar-refractivity contribution in [1.82, 2.24) is 15.3 Å². The van der Waals surface area contributed by atoms with E-state index in [4.69, 9.17) is 5.26 Å². The van der Waals surface area contributed by atoms with Crippen LogP contribution in [0, 0.1) is 11.3 Å². The second-order valence-electron chi connectivity index (χ2n) is 4.01. The quantitative estimate of drug-likeness (QED) is 0.887. The van der Waals surface area contributed by atoms with Crippen LogP contribution in [0.1, 0.15) is 29.8 Å². The topological polar surface area (TPSA) is 61.6 Å². The fourth-order valence-electron chi connectivity index (χ4n) is 1.69. The van der Waals surface area contributed by atoms with E-state index in [-0.39, 0.29) is 6.04 Å². The van der Waals surface area contributed by atoms with Gasteiger partial charge in [-0.1, -0.05) is 12.1 Å². The number of aromatic nitrogens is 2. The van der Waals surface area contributed by atoms with Gasteiger partial charge in [0.2, 0.25) is 0 Å². The molecule has 0 amide bonds. The Kier molecular flexibility index (Phi) is 4.00. The van der Waals surface area contributed by atoms with E-state index in [9.17, 15) is 0 Å². The minimum absolute atomic E-state index is 0.186. The molecular weight excluding hydrogens is 224 g/mol. The molecule has 0 fully saturated rings. The average molecular weight is 238 g/mol. The summed E-state index contributed by atoms with van der Waals surface area (Å²) in [5.74, 6) is 0. The molecule has 0 saturated heterocycles. The third-order valence-electron chi connectivity index (χ3n) is 2.78. The SMILES string of the molecule is C[C@H](NCc1cccnc1C#N)c1cccnc1. The molecule has 4 heteroatoms. The third kappa shape index (κ3) is 2.90. The molecule has 0 saturated carbocycles. The maximum absolute atomic E-state index is 8.95. The Balaban J connectivity index is 2.02. The summed E-state index contributed by atoms with van der Waals surface area (Å²) in [7, 11) is 0. The lowest BCUT2D eigenvalue weighted by Crippen LogP contribution is -2.19. The van der Waals surface area contributed by atoms with Crippen LogP contribution in [0.25, 0.3) is 0 Å². The van der Waals surface area contributed by atoms with Gasteiger partial charge in [-0.2, -0.15) is 5.26 Å². The van der Waals surface area contributed by atoms with Crippen molar-refractivity contribution in [3.8, 4) is 6.07 Å². The highest BCUT2D eigenvalue weighted by atomic mass is 14.9. The lowest BCUT2D eigenvalue weighted by molar-refractivity contribution is 0.571. The van der Waals surface area contributed by atoms with Crippen LogP contribution in [0.15, 0.2) is 42.9 Å². The Morgan fingerprint density at radius 2 is 2.17 bits per heavy atom. The summed E-state index contributed by atoms with van der Waals surface area (Å²) in [6, 6.07) is 9.97. The number of nitriles is 1. The van der Waals surface area contributed by atoms with Gasteiger partial charge >= 0.3 is 0 Å². The van der Waals surface area contributed by atoms with E-state index in [1.807, 2.05) is 30.5 Å². The summed E-state index contributed by atoms with van der Waals surface area (Å²) >= 11 is 0. The Morgan fingerprint density at radius 1 is 1.33 bits per heavy atom. The van der Waals surface area contributed by atoms with Gasteiger partial charge in [0.1, 0.15) is 11.8 Å². The smallest absolute Gasteiger partial charge is 0.144 e. The minimum atomic E-state index is 0.186. The minimum Gasteiger partial charge on any atom is -0.306 e. The molecule has 2 rings (SSSR count). The fraction of sp³-hybridized carbons (Fsp3) is 0.214. The normalized spacial score (nSPS) is 11.8. The zero-order valence-electron chi connectivity index (χ0n) is 10.2. The van der Waals surface area contributed by atoms with Crippen molar-refractivity contribution >= 4 is 0 Å². The van der Waals surface area contributed by atoms with E-state index in [2.05, 4.69) is 28.3 Å². The summed E-state index contributed by atoms with van der Waals surface area (Å²) < 4.78 is 0. The van der Waals surface area contributed by atoms with E-state index in [1.54, 1.807) is 12.4 Å². The first-order chi connectivity index (χ1) is 8.81. The van der Waals surface area contributed by atoms with E-state index in [1.165, 1.54) is 0 Å². The summed E-state index contributed by atoms with van der Waals surface area (Å²) in [6.45, 7) is 2.69. The van der Waals surface area contributed by atoms with Crippen LogP contribution in [-0.4, -0.2) is 9.97 Å². The van der Waals surface area contributed by atoms with Crippen molar-refractivity contribution in [3.05, 3.63) is 59.7 Å². The van der Waals surface area contributed by atoms with Gasteiger partial charge in [0.05, 0.1) is 0 Å². The Labute approximate surface area is 106 Å². The molecule has 0 unspecified atom stereocenters. The first-order valence-electron chi connectivity index (χ1n) is 5.78. The van der Waals surface area contributed by atoms with Crippen molar-refractivity contribution in [1.29, 1.82) is 5.26 Å². The molecule has 2 heterocycles. The van der Waals surface area contributed by atoms with Gasteiger partial charge in [-0.3, -0.25) is 4.98 Å². The summed E-state index contributed by atoms with van der Waals surface area (Å²) in [6.07, 6.45) is 5.23. The van der Waals surface area contributed by atoms with Gasteiger partial charge in [0.15, 0.2) is 0 Å². The highest BCUT2D eigenvalue weighted by Gasteiger charge is 2.07. The Hall–Kier alpha value is -2.25. The molecule has 0 aliphatic rings. The van der Waals surface area contributed by atoms with Crippen LogP contribution in [-0.2, 0) is 6.54 Å². The molecular formula is C14H14N4. The first kappa shape index (κ1) is 12.2. The van der Waals surface area contributed by atoms with Gasteiger partial charge in [-0.25, -0.2) is 4.98 Å². The number of hydrogen-bond acceptors (Lipinski definition) is 4. The van der Waals surface area contributed by atoms with Gasteiger partial charge in [0, 0.05) is 36.7 Å². The van der Waals surface area contributed by atoms with Crippen LogP contribution in [0.3, 0.4) is 0 Å². The summed E-state index contributed by atoms with van der Waals surface area (Å²) in [5, 5.41) is 12.3. The second-order valence-corrected chi connectivity index (χ2v) is 4.01. The van der Waals surface area contributed by atoms with Crippen LogP contribution >= 0.6 is 0 Å². The van der Waals surface area contributed by atoms with Crippen molar-refractivity contribution < 1.29 is 0 Å². The van der Waals surface area contributed by atoms with Crippen molar-refractivity contribution in [2.75, 3.05) is 0 Å². The third-order valence-corrected chi connectivity index (χ3v) is 2.78. The maximum Gasteiger partial charge on any atom is 0.144 e. The van der Waals surface area contributed by atoms with Gasteiger partial charge in [-0.05, 0) is 24.6 Å². The van der Waals surface area contributed by atoms with Gasteiger partial charge in [0.25, 0.3) is 0 Å². The first-order valence-corrected chi connectivity index (χ1v) is 5.78. The van der Waals surface area contributed by atoms with E-state index >= 15 is 0 Å². The van der Waals surface area contributed by atoms with Crippen LogP contribution < -0.4 is 5.32 Å². The zero-order chi connectivity index (χ0) is 12.8. The molecule has 2 aromatic rings. The molecule has 0 spiro atoms. The van der Waals surface area contributed by atoms with E-state index in [0.717, 1.165) is 11.1 Å². The average Bonchev–Trinajstić information content (AvgIpc) is 2.46. The van der Waals surface area contributed by atoms with E-state index in [0.29, 0.717) is 12.2 Å². The molecule has 0 aliphatic carbocycles. The zero-order valence-corrected chi connectivity index (χ0v) is 10.2. The standard InChI is InChI=1S/C14H14N4/c1-11(12-4-2-6-16-9-12)18-10-13-5-3-7-17-14(13)8-15/h2-7,9,11,18H,10H2,1H3/t11-/m0/s1. The lowest BCUT2D eigenvalue weighted by atomic mass is 10.1. The molecule has 18 heavy (non-hydrogen) atoms. The van der Waals surface area contributed by atoms with Crippen LogP contribution in [0.5, 0.6) is 0 Å². The van der Waals surface area contributed by atoms with Crippen molar-refractivity contribution in [2.24, 2.45) is 0 Å².